The molecule has 0 aliphatic heterocycles. The summed E-state index contributed by atoms with van der Waals surface area (Å²) in [5, 5.41) is 5.66. The van der Waals surface area contributed by atoms with E-state index in [1.807, 2.05) is 0 Å². The standard InChI is InChI=1S/C14H12F5N3O3/c1-7(6-24-13(15)16)20-11(23)9-4-2-8(3-5-9)10-21-12(25-22-10)14(17,18)19/h2-5,7,13H,6H2,1H3,(H,20,23). The second-order valence-corrected chi connectivity index (χ2v) is 4.97. The van der Waals surface area contributed by atoms with Gasteiger partial charge in [-0.15, -0.1) is 0 Å². The average molecular weight is 365 g/mol. The van der Waals surface area contributed by atoms with Crippen molar-refractivity contribution >= 4 is 5.91 Å². The molecule has 0 aliphatic carbocycles. The van der Waals surface area contributed by atoms with Gasteiger partial charge in [0.05, 0.1) is 6.61 Å². The van der Waals surface area contributed by atoms with E-state index in [0.29, 0.717) is 0 Å². The Balaban J connectivity index is 2.02. The molecule has 0 bridgehead atoms. The largest absolute Gasteiger partial charge is 0.471 e. The van der Waals surface area contributed by atoms with Crippen LogP contribution in [-0.4, -0.2) is 35.3 Å². The highest BCUT2D eigenvalue weighted by atomic mass is 19.4. The summed E-state index contributed by atoms with van der Waals surface area (Å²) in [5.41, 5.74) is 0.386. The molecule has 1 heterocycles. The van der Waals surface area contributed by atoms with Crippen LogP contribution in [0, 0.1) is 0 Å². The molecule has 1 amide bonds. The number of amides is 1. The van der Waals surface area contributed by atoms with Gasteiger partial charge in [-0.25, -0.2) is 0 Å². The zero-order valence-electron chi connectivity index (χ0n) is 12.7. The first kappa shape index (κ1) is 18.8. The molecule has 0 fully saturated rings. The molecule has 11 heteroatoms. The zero-order chi connectivity index (χ0) is 18.6. The van der Waals surface area contributed by atoms with Gasteiger partial charge in [-0.05, 0) is 19.1 Å². The molecule has 0 spiro atoms. The number of carbonyl (C=O) groups is 1. The quantitative estimate of drug-likeness (QED) is 0.796. The molecule has 1 aromatic carbocycles. The molecule has 0 saturated heterocycles. The number of hydrogen-bond acceptors (Lipinski definition) is 5. The van der Waals surface area contributed by atoms with Crippen LogP contribution in [0.25, 0.3) is 11.4 Å². The van der Waals surface area contributed by atoms with Crippen LogP contribution in [0.4, 0.5) is 22.0 Å². The van der Waals surface area contributed by atoms with Crippen LogP contribution in [0.15, 0.2) is 28.8 Å². The van der Waals surface area contributed by atoms with Crippen molar-refractivity contribution in [2.24, 2.45) is 0 Å². The first-order valence-electron chi connectivity index (χ1n) is 6.89. The summed E-state index contributed by atoms with van der Waals surface area (Å²) in [5.74, 6) is -2.31. The highest BCUT2D eigenvalue weighted by molar-refractivity contribution is 5.94. The van der Waals surface area contributed by atoms with Gasteiger partial charge in [0, 0.05) is 17.2 Å². The highest BCUT2D eigenvalue weighted by Crippen LogP contribution is 2.29. The predicted octanol–water partition coefficient (Wildman–Crippen LogP) is 3.11. The summed E-state index contributed by atoms with van der Waals surface area (Å²) < 4.78 is 69.3. The monoisotopic (exact) mass is 365 g/mol. The minimum atomic E-state index is -4.75. The third kappa shape index (κ3) is 5.21. The Kier molecular flexibility index (Phi) is 5.67. The van der Waals surface area contributed by atoms with Crippen LogP contribution in [0.2, 0.25) is 0 Å². The molecule has 2 aromatic rings. The number of halogens is 5. The SMILES string of the molecule is CC(COC(F)F)NC(=O)c1ccc(-c2noc(C(F)(F)F)n2)cc1. The number of aromatic nitrogens is 2. The van der Waals surface area contributed by atoms with E-state index < -0.39 is 30.6 Å². The maximum absolute atomic E-state index is 12.4. The van der Waals surface area contributed by atoms with Crippen LogP contribution in [0.5, 0.6) is 0 Å². The number of nitrogens with zero attached hydrogens (tertiary/aromatic N) is 2. The van der Waals surface area contributed by atoms with E-state index >= 15 is 0 Å². The second-order valence-electron chi connectivity index (χ2n) is 4.97. The number of nitrogens with one attached hydrogen (secondary N) is 1. The Hall–Kier alpha value is -2.56. The van der Waals surface area contributed by atoms with Crippen molar-refractivity contribution in [3.8, 4) is 11.4 Å². The third-order valence-electron chi connectivity index (χ3n) is 2.92. The van der Waals surface area contributed by atoms with Gasteiger partial charge in [-0.3, -0.25) is 4.79 Å². The van der Waals surface area contributed by atoms with E-state index in [9.17, 15) is 26.7 Å². The Bertz CT molecular complexity index is 715. The van der Waals surface area contributed by atoms with E-state index in [1.54, 1.807) is 0 Å². The average Bonchev–Trinajstić information content (AvgIpc) is 3.03. The van der Waals surface area contributed by atoms with Crippen LogP contribution in [0.1, 0.15) is 23.2 Å². The number of hydrogen-bond donors (Lipinski definition) is 1. The highest BCUT2D eigenvalue weighted by Gasteiger charge is 2.38. The van der Waals surface area contributed by atoms with E-state index in [1.165, 1.54) is 31.2 Å². The number of ether oxygens (including phenoxy) is 1. The molecular formula is C14H12F5N3O3. The number of rotatable bonds is 6. The molecule has 6 nitrogen and oxygen atoms in total. The van der Waals surface area contributed by atoms with Gasteiger partial charge in [0.15, 0.2) is 0 Å². The molecule has 136 valence electrons. The summed E-state index contributed by atoms with van der Waals surface area (Å²) in [6.07, 6.45) is -4.75. The van der Waals surface area contributed by atoms with Crippen molar-refractivity contribution in [1.82, 2.24) is 15.5 Å². The van der Waals surface area contributed by atoms with E-state index in [2.05, 4.69) is 24.7 Å². The second kappa shape index (κ2) is 7.55. The van der Waals surface area contributed by atoms with Crippen molar-refractivity contribution in [1.29, 1.82) is 0 Å². The molecule has 1 atom stereocenters. The van der Waals surface area contributed by atoms with Gasteiger partial charge in [0.1, 0.15) is 0 Å². The summed E-state index contributed by atoms with van der Waals surface area (Å²) >= 11 is 0. The number of alkyl halides is 5. The first-order valence-corrected chi connectivity index (χ1v) is 6.89. The van der Waals surface area contributed by atoms with Crippen LogP contribution in [0.3, 0.4) is 0 Å². The number of benzene rings is 1. The molecule has 2 rings (SSSR count). The van der Waals surface area contributed by atoms with Gasteiger partial charge < -0.3 is 14.6 Å². The molecule has 0 radical (unpaired) electrons. The van der Waals surface area contributed by atoms with Crippen molar-refractivity contribution in [3.05, 3.63) is 35.7 Å². The van der Waals surface area contributed by atoms with Crippen LogP contribution < -0.4 is 5.32 Å². The third-order valence-corrected chi connectivity index (χ3v) is 2.92. The molecule has 25 heavy (non-hydrogen) atoms. The topological polar surface area (TPSA) is 77.2 Å². The zero-order valence-corrected chi connectivity index (χ0v) is 12.7. The molecule has 1 unspecified atom stereocenters. The fraction of sp³-hybridized carbons (Fsp3) is 0.357. The predicted molar refractivity (Wildman–Crippen MR) is 73.6 cm³/mol. The Morgan fingerprint density at radius 2 is 1.92 bits per heavy atom. The summed E-state index contributed by atoms with van der Waals surface area (Å²) in [4.78, 5) is 15.2. The van der Waals surface area contributed by atoms with Gasteiger partial charge in [0.25, 0.3) is 5.91 Å². The minimum absolute atomic E-state index is 0.173. The molecule has 1 aromatic heterocycles. The minimum Gasteiger partial charge on any atom is -0.347 e. The van der Waals surface area contributed by atoms with Crippen molar-refractivity contribution in [3.63, 3.8) is 0 Å². The molecule has 1 N–H and O–H groups in total. The molecular weight excluding hydrogens is 353 g/mol. The molecule has 0 aliphatic rings. The first-order chi connectivity index (χ1) is 11.7. The van der Waals surface area contributed by atoms with Crippen LogP contribution >= 0.6 is 0 Å². The number of carbonyl (C=O) groups excluding carboxylic acids is 1. The van der Waals surface area contributed by atoms with Gasteiger partial charge >= 0.3 is 18.7 Å². The van der Waals surface area contributed by atoms with E-state index in [-0.39, 0.29) is 23.6 Å². The van der Waals surface area contributed by atoms with Gasteiger partial charge in [-0.2, -0.15) is 26.9 Å². The molecule has 0 saturated carbocycles. The van der Waals surface area contributed by atoms with Gasteiger partial charge in [-0.1, -0.05) is 17.3 Å². The fourth-order valence-electron chi connectivity index (χ4n) is 1.79. The van der Waals surface area contributed by atoms with Crippen LogP contribution in [-0.2, 0) is 10.9 Å². The van der Waals surface area contributed by atoms with Crippen molar-refractivity contribution in [2.45, 2.75) is 25.8 Å². The Morgan fingerprint density at radius 3 is 2.44 bits per heavy atom. The fourth-order valence-corrected chi connectivity index (χ4v) is 1.79. The Morgan fingerprint density at radius 1 is 1.28 bits per heavy atom. The maximum atomic E-state index is 12.4. The lowest BCUT2D eigenvalue weighted by molar-refractivity contribution is -0.159. The Labute approximate surface area is 138 Å². The summed E-state index contributed by atoms with van der Waals surface area (Å²) in [7, 11) is 0. The normalized spacial score (nSPS) is 13.1. The van der Waals surface area contributed by atoms with E-state index in [4.69, 9.17) is 0 Å². The summed E-state index contributed by atoms with van der Waals surface area (Å²) in [6, 6.07) is 4.66. The van der Waals surface area contributed by atoms with Crippen molar-refractivity contribution in [2.75, 3.05) is 6.61 Å². The van der Waals surface area contributed by atoms with E-state index in [0.717, 1.165) is 0 Å². The summed E-state index contributed by atoms with van der Waals surface area (Å²) in [6.45, 7) is -1.83. The lowest BCUT2D eigenvalue weighted by Crippen LogP contribution is -2.36. The van der Waals surface area contributed by atoms with Crippen molar-refractivity contribution < 1.29 is 36.0 Å². The maximum Gasteiger partial charge on any atom is 0.471 e. The van der Waals surface area contributed by atoms with Gasteiger partial charge in [0.2, 0.25) is 5.82 Å². The lowest BCUT2D eigenvalue weighted by atomic mass is 10.1. The smallest absolute Gasteiger partial charge is 0.347 e. The lowest BCUT2D eigenvalue weighted by Gasteiger charge is -2.13.